The van der Waals surface area contributed by atoms with Gasteiger partial charge in [0.1, 0.15) is 0 Å². The summed E-state index contributed by atoms with van der Waals surface area (Å²) in [7, 11) is 0. The number of benzene rings is 4. The van der Waals surface area contributed by atoms with Gasteiger partial charge in [0.05, 0.1) is 0 Å². The van der Waals surface area contributed by atoms with Crippen LogP contribution in [0.4, 0.5) is 0 Å². The minimum Gasteiger partial charge on any atom is -0.298 e. The van der Waals surface area contributed by atoms with Crippen LogP contribution in [0.3, 0.4) is 0 Å². The molecule has 0 aliphatic rings. The summed E-state index contributed by atoms with van der Waals surface area (Å²) in [5, 5.41) is 2.27. The average Bonchev–Trinajstić information content (AvgIpc) is 2.81. The fourth-order valence-corrected chi connectivity index (χ4v) is 3.54. The van der Waals surface area contributed by atoms with E-state index in [1.165, 1.54) is 0 Å². The Balaban J connectivity index is 1.82. The zero-order valence-electron chi connectivity index (χ0n) is 16.4. The van der Waals surface area contributed by atoms with E-state index in [0.29, 0.717) is 11.1 Å². The molecule has 2 nitrogen and oxygen atoms in total. The Bertz CT molecular complexity index is 1280. The number of hydrogen-bond donors (Lipinski definition) is 0. The minimum atomic E-state index is 0.658. The van der Waals surface area contributed by atoms with Crippen molar-refractivity contribution < 1.29 is 9.59 Å². The summed E-state index contributed by atoms with van der Waals surface area (Å²) in [6, 6.07) is 27.4. The second-order valence-electron chi connectivity index (χ2n) is 6.95. The van der Waals surface area contributed by atoms with Crippen LogP contribution < -0.4 is 0 Å². The lowest BCUT2D eigenvalue weighted by Gasteiger charge is -2.08. The fraction of sp³-hybridized carbons (Fsp3) is 0. The maximum atomic E-state index is 11.4. The molecule has 0 aliphatic carbocycles. The van der Waals surface area contributed by atoms with Gasteiger partial charge in [0, 0.05) is 11.1 Å². The topological polar surface area (TPSA) is 34.1 Å². The van der Waals surface area contributed by atoms with Crippen LogP contribution in [-0.4, -0.2) is 12.6 Å². The number of aldehydes is 2. The molecule has 0 amide bonds. The minimum absolute atomic E-state index is 0.658. The lowest BCUT2D eigenvalue weighted by Crippen LogP contribution is -1.88. The van der Waals surface area contributed by atoms with Crippen LogP contribution >= 0.6 is 0 Å². The molecule has 0 atom stereocenters. The first-order valence-electron chi connectivity index (χ1n) is 9.76. The molecule has 0 bridgehead atoms. The zero-order chi connectivity index (χ0) is 20.8. The van der Waals surface area contributed by atoms with Gasteiger partial charge >= 0.3 is 0 Å². The molecular formula is C28H20O2. The maximum Gasteiger partial charge on any atom is 0.150 e. The molecule has 0 heterocycles. The van der Waals surface area contributed by atoms with Crippen LogP contribution in [0, 0.1) is 0 Å². The molecule has 144 valence electrons. The Morgan fingerprint density at radius 3 is 1.57 bits per heavy atom. The molecule has 2 heteroatoms. The zero-order valence-corrected chi connectivity index (χ0v) is 16.4. The molecular weight excluding hydrogens is 368 g/mol. The van der Waals surface area contributed by atoms with Crippen molar-refractivity contribution in [3.8, 4) is 0 Å². The van der Waals surface area contributed by atoms with Gasteiger partial charge < -0.3 is 0 Å². The molecule has 0 spiro atoms. The smallest absolute Gasteiger partial charge is 0.150 e. The van der Waals surface area contributed by atoms with Gasteiger partial charge in [0.15, 0.2) is 12.6 Å². The number of hydrogen-bond acceptors (Lipinski definition) is 2. The standard InChI is InChI=1S/C28H20O2/c29-19-25-10-3-1-7-21(25)13-14-24-16-15-23-9-5-6-12-27(23)28(24)18-17-22-8-2-4-11-26(22)20-30/h1-20H. The molecule has 0 unspecified atom stereocenters. The van der Waals surface area contributed by atoms with Crippen LogP contribution in [0.5, 0.6) is 0 Å². The molecule has 4 rings (SSSR count). The van der Waals surface area contributed by atoms with E-state index in [4.69, 9.17) is 0 Å². The van der Waals surface area contributed by atoms with Crippen molar-refractivity contribution in [2.24, 2.45) is 0 Å². The monoisotopic (exact) mass is 388 g/mol. The van der Waals surface area contributed by atoms with Crippen molar-refractivity contribution in [1.29, 1.82) is 0 Å². The van der Waals surface area contributed by atoms with E-state index in [-0.39, 0.29) is 0 Å². The Morgan fingerprint density at radius 1 is 0.433 bits per heavy atom. The van der Waals surface area contributed by atoms with E-state index < -0.39 is 0 Å². The van der Waals surface area contributed by atoms with E-state index in [2.05, 4.69) is 30.3 Å². The normalized spacial score (nSPS) is 11.3. The van der Waals surface area contributed by atoms with Crippen molar-refractivity contribution in [3.05, 3.63) is 118 Å². The highest BCUT2D eigenvalue weighted by atomic mass is 16.1. The maximum absolute atomic E-state index is 11.4. The summed E-state index contributed by atoms with van der Waals surface area (Å²) in [5.41, 5.74) is 5.17. The predicted octanol–water partition coefficient (Wildman–Crippen LogP) is 6.81. The third-order valence-electron chi connectivity index (χ3n) is 5.12. The largest absolute Gasteiger partial charge is 0.298 e. The summed E-state index contributed by atoms with van der Waals surface area (Å²) in [5.74, 6) is 0. The highest BCUT2D eigenvalue weighted by Crippen LogP contribution is 2.27. The molecule has 0 aliphatic heterocycles. The van der Waals surface area contributed by atoms with Gasteiger partial charge in [0.2, 0.25) is 0 Å². The van der Waals surface area contributed by atoms with Crippen molar-refractivity contribution in [2.45, 2.75) is 0 Å². The number of fused-ring (bicyclic) bond motifs is 1. The van der Waals surface area contributed by atoms with Crippen LogP contribution in [-0.2, 0) is 0 Å². The Hall–Kier alpha value is -4.04. The van der Waals surface area contributed by atoms with Gasteiger partial charge in [-0.15, -0.1) is 0 Å². The Labute approximate surface area is 175 Å². The average molecular weight is 388 g/mol. The van der Waals surface area contributed by atoms with Crippen molar-refractivity contribution in [1.82, 2.24) is 0 Å². The van der Waals surface area contributed by atoms with Crippen LogP contribution in [0.15, 0.2) is 84.9 Å². The molecule has 0 radical (unpaired) electrons. The first-order valence-corrected chi connectivity index (χ1v) is 9.76. The SMILES string of the molecule is O=Cc1ccccc1C=Cc1ccc2ccccc2c1C=Cc1ccccc1C=O. The molecule has 4 aromatic carbocycles. The predicted molar refractivity (Wildman–Crippen MR) is 125 cm³/mol. The van der Waals surface area contributed by atoms with E-state index in [9.17, 15) is 9.59 Å². The second kappa shape index (κ2) is 8.97. The third kappa shape index (κ3) is 4.03. The van der Waals surface area contributed by atoms with Crippen LogP contribution in [0.2, 0.25) is 0 Å². The molecule has 4 aromatic rings. The van der Waals surface area contributed by atoms with E-state index in [1.807, 2.05) is 78.9 Å². The van der Waals surface area contributed by atoms with Gasteiger partial charge in [-0.1, -0.05) is 109 Å². The summed E-state index contributed by atoms with van der Waals surface area (Å²) >= 11 is 0. The third-order valence-corrected chi connectivity index (χ3v) is 5.12. The molecule has 0 N–H and O–H groups in total. The Kier molecular flexibility index (Phi) is 5.77. The van der Waals surface area contributed by atoms with Gasteiger partial charge in [-0.2, -0.15) is 0 Å². The lowest BCUT2D eigenvalue weighted by molar-refractivity contribution is 0.111. The quantitative estimate of drug-likeness (QED) is 0.269. The van der Waals surface area contributed by atoms with E-state index in [0.717, 1.165) is 45.6 Å². The van der Waals surface area contributed by atoms with Gasteiger partial charge in [-0.05, 0) is 33.0 Å². The van der Waals surface area contributed by atoms with Crippen LogP contribution in [0.25, 0.3) is 35.1 Å². The highest BCUT2D eigenvalue weighted by Gasteiger charge is 2.05. The molecule has 30 heavy (non-hydrogen) atoms. The van der Waals surface area contributed by atoms with Gasteiger partial charge in [-0.25, -0.2) is 0 Å². The number of carbonyl (C=O) groups is 2. The summed E-state index contributed by atoms with van der Waals surface area (Å²) < 4.78 is 0. The molecule has 0 fully saturated rings. The number of rotatable bonds is 6. The molecule has 0 aromatic heterocycles. The second-order valence-corrected chi connectivity index (χ2v) is 6.95. The van der Waals surface area contributed by atoms with Gasteiger partial charge in [-0.3, -0.25) is 9.59 Å². The highest BCUT2D eigenvalue weighted by molar-refractivity contribution is 5.98. The fourth-order valence-electron chi connectivity index (χ4n) is 3.54. The van der Waals surface area contributed by atoms with Crippen molar-refractivity contribution in [2.75, 3.05) is 0 Å². The first kappa shape index (κ1) is 19.3. The summed E-state index contributed by atoms with van der Waals surface area (Å²) in [6.07, 6.45) is 9.76. The first-order chi connectivity index (χ1) is 14.8. The van der Waals surface area contributed by atoms with E-state index in [1.54, 1.807) is 0 Å². The van der Waals surface area contributed by atoms with Crippen molar-refractivity contribution >= 4 is 47.6 Å². The Morgan fingerprint density at radius 2 is 0.933 bits per heavy atom. The summed E-state index contributed by atoms with van der Waals surface area (Å²) in [6.45, 7) is 0. The van der Waals surface area contributed by atoms with Crippen LogP contribution in [0.1, 0.15) is 43.0 Å². The van der Waals surface area contributed by atoms with Crippen molar-refractivity contribution in [3.63, 3.8) is 0 Å². The lowest BCUT2D eigenvalue weighted by atomic mass is 9.96. The molecule has 0 saturated heterocycles. The van der Waals surface area contributed by atoms with Gasteiger partial charge in [0.25, 0.3) is 0 Å². The number of carbonyl (C=O) groups excluding carboxylic acids is 2. The molecule has 0 saturated carbocycles. The summed E-state index contributed by atoms with van der Waals surface area (Å²) in [4.78, 5) is 22.7. The van der Waals surface area contributed by atoms with E-state index >= 15 is 0 Å².